The van der Waals surface area contributed by atoms with Gasteiger partial charge in [0.1, 0.15) is 13.1 Å². The first kappa shape index (κ1) is 13.9. The predicted octanol–water partition coefficient (Wildman–Crippen LogP) is 0.365. The molecule has 3 N–H and O–H groups in total. The lowest BCUT2D eigenvalue weighted by Crippen LogP contribution is -2.41. The first-order chi connectivity index (χ1) is 7.90. The number of hydrogen-bond donors (Lipinski definition) is 2. The number of carboxylic acids is 1. The standard InChI is InChI=1S/C9H9IN2O4S/c10-6-1-5(4-17-6)9(16)12(2-7(11)13)3-8(14)15/h1,4H,2-3H2,(H2,11,13)(H,14,15). The summed E-state index contributed by atoms with van der Waals surface area (Å²) in [6.45, 7) is -0.953. The summed E-state index contributed by atoms with van der Waals surface area (Å²) in [5, 5.41) is 10.3. The molecule has 1 rings (SSSR count). The molecule has 6 nitrogen and oxygen atoms in total. The Labute approximate surface area is 115 Å². The molecule has 8 heteroatoms. The average molecular weight is 368 g/mol. The fraction of sp³-hybridized carbons (Fsp3) is 0.222. The van der Waals surface area contributed by atoms with Crippen LogP contribution in [0.15, 0.2) is 11.4 Å². The van der Waals surface area contributed by atoms with Gasteiger partial charge in [-0.3, -0.25) is 14.4 Å². The lowest BCUT2D eigenvalue weighted by Gasteiger charge is -2.17. The molecule has 2 amide bonds. The van der Waals surface area contributed by atoms with Crippen LogP contribution in [0.1, 0.15) is 10.4 Å². The second kappa shape index (κ2) is 5.96. The number of nitrogens with two attached hydrogens (primary N) is 1. The molecule has 0 radical (unpaired) electrons. The number of hydrogen-bond acceptors (Lipinski definition) is 4. The Morgan fingerprint density at radius 3 is 2.47 bits per heavy atom. The Balaban J connectivity index is 2.85. The van der Waals surface area contributed by atoms with E-state index in [9.17, 15) is 14.4 Å². The number of carboxylic acid groups (broad SMARTS) is 1. The molecule has 1 aromatic rings. The summed E-state index contributed by atoms with van der Waals surface area (Å²) in [5.74, 6) is -2.44. The van der Waals surface area contributed by atoms with Crippen molar-refractivity contribution in [2.24, 2.45) is 5.73 Å². The first-order valence-corrected chi connectivity index (χ1v) is 6.39. The summed E-state index contributed by atoms with van der Waals surface area (Å²) in [4.78, 5) is 34.1. The maximum absolute atomic E-state index is 11.9. The third-order valence-corrected chi connectivity index (χ3v) is 3.56. The lowest BCUT2D eigenvalue weighted by molar-refractivity contribution is -0.138. The Kier molecular flexibility index (Phi) is 4.87. The van der Waals surface area contributed by atoms with Crippen LogP contribution >= 0.6 is 33.9 Å². The molecule has 1 aromatic heterocycles. The molecule has 0 atom stereocenters. The highest BCUT2D eigenvalue weighted by Gasteiger charge is 2.21. The highest BCUT2D eigenvalue weighted by molar-refractivity contribution is 14.1. The van der Waals surface area contributed by atoms with E-state index in [0.29, 0.717) is 5.56 Å². The topological polar surface area (TPSA) is 101 Å². The van der Waals surface area contributed by atoms with Crippen LogP contribution in [0, 0.1) is 2.88 Å². The van der Waals surface area contributed by atoms with Crippen LogP contribution in [0.5, 0.6) is 0 Å². The van der Waals surface area contributed by atoms with Gasteiger partial charge in [0.15, 0.2) is 0 Å². The van der Waals surface area contributed by atoms with Gasteiger partial charge in [0.05, 0.1) is 8.45 Å². The van der Waals surface area contributed by atoms with Crippen LogP contribution < -0.4 is 5.73 Å². The zero-order valence-electron chi connectivity index (χ0n) is 8.55. The van der Waals surface area contributed by atoms with Crippen molar-refractivity contribution in [2.45, 2.75) is 0 Å². The number of thiophene rings is 1. The molecule has 0 aliphatic carbocycles. The molecule has 0 aliphatic heterocycles. The van der Waals surface area contributed by atoms with Gasteiger partial charge in [-0.15, -0.1) is 11.3 Å². The maximum atomic E-state index is 11.9. The smallest absolute Gasteiger partial charge is 0.323 e. The summed E-state index contributed by atoms with van der Waals surface area (Å²) in [7, 11) is 0. The van der Waals surface area contributed by atoms with Crippen molar-refractivity contribution in [3.8, 4) is 0 Å². The largest absolute Gasteiger partial charge is 0.480 e. The van der Waals surface area contributed by atoms with Gasteiger partial charge in [0.25, 0.3) is 5.91 Å². The van der Waals surface area contributed by atoms with Gasteiger partial charge in [-0.1, -0.05) is 0 Å². The van der Waals surface area contributed by atoms with Crippen molar-refractivity contribution >= 4 is 51.7 Å². The number of rotatable bonds is 5. The van der Waals surface area contributed by atoms with Gasteiger partial charge in [-0.2, -0.15) is 0 Å². The van der Waals surface area contributed by atoms with Gasteiger partial charge in [0.2, 0.25) is 5.91 Å². The van der Waals surface area contributed by atoms with Crippen LogP contribution in [0.3, 0.4) is 0 Å². The lowest BCUT2D eigenvalue weighted by atomic mass is 10.3. The number of halogens is 1. The Morgan fingerprint density at radius 1 is 1.41 bits per heavy atom. The molecule has 17 heavy (non-hydrogen) atoms. The highest BCUT2D eigenvalue weighted by Crippen LogP contribution is 2.18. The molecule has 0 fully saturated rings. The fourth-order valence-electron chi connectivity index (χ4n) is 1.16. The predicted molar refractivity (Wildman–Crippen MR) is 69.8 cm³/mol. The van der Waals surface area contributed by atoms with Crippen LogP contribution in [0.2, 0.25) is 0 Å². The third-order valence-electron chi connectivity index (χ3n) is 1.77. The molecule has 0 spiro atoms. The molecule has 92 valence electrons. The minimum Gasteiger partial charge on any atom is -0.480 e. The molecule has 0 aromatic carbocycles. The van der Waals surface area contributed by atoms with E-state index >= 15 is 0 Å². The van der Waals surface area contributed by atoms with Crippen molar-refractivity contribution in [1.29, 1.82) is 0 Å². The maximum Gasteiger partial charge on any atom is 0.323 e. The van der Waals surface area contributed by atoms with E-state index in [0.717, 1.165) is 7.78 Å². The highest BCUT2D eigenvalue weighted by atomic mass is 127. The SMILES string of the molecule is NC(=O)CN(CC(=O)O)C(=O)c1csc(I)c1. The Hall–Kier alpha value is -1.16. The summed E-state index contributed by atoms with van der Waals surface area (Å²) >= 11 is 3.41. The Morgan fingerprint density at radius 2 is 2.06 bits per heavy atom. The molecular weight excluding hydrogens is 359 g/mol. The zero-order chi connectivity index (χ0) is 13.0. The van der Waals surface area contributed by atoms with E-state index in [1.54, 1.807) is 11.4 Å². The number of primary amides is 1. The van der Waals surface area contributed by atoms with Gasteiger partial charge in [0, 0.05) is 5.38 Å². The molecule has 0 unspecified atom stereocenters. The van der Waals surface area contributed by atoms with E-state index in [1.807, 2.05) is 22.6 Å². The summed E-state index contributed by atoms with van der Waals surface area (Å²) in [6.07, 6.45) is 0. The van der Waals surface area contributed by atoms with Crippen LogP contribution in [0.4, 0.5) is 0 Å². The van der Waals surface area contributed by atoms with Crippen molar-refractivity contribution in [3.63, 3.8) is 0 Å². The molecule has 0 aliphatic rings. The zero-order valence-corrected chi connectivity index (χ0v) is 11.5. The second-order valence-electron chi connectivity index (χ2n) is 3.16. The van der Waals surface area contributed by atoms with Crippen LogP contribution in [0.25, 0.3) is 0 Å². The molecule has 0 saturated heterocycles. The molecule has 0 saturated carbocycles. The second-order valence-corrected chi connectivity index (χ2v) is 5.97. The number of amides is 2. The number of carbonyl (C=O) groups excluding carboxylic acids is 2. The van der Waals surface area contributed by atoms with Crippen molar-refractivity contribution in [2.75, 3.05) is 13.1 Å². The number of aliphatic carboxylic acids is 1. The summed E-state index contributed by atoms with van der Waals surface area (Å²) in [6, 6.07) is 1.63. The Bertz CT molecular complexity index is 444. The summed E-state index contributed by atoms with van der Waals surface area (Å²) in [5.41, 5.74) is 5.33. The first-order valence-electron chi connectivity index (χ1n) is 4.43. The number of carbonyl (C=O) groups is 3. The molecular formula is C9H9IN2O4S. The van der Waals surface area contributed by atoms with E-state index in [1.165, 1.54) is 11.3 Å². The molecule has 1 heterocycles. The normalized spacial score (nSPS) is 9.94. The van der Waals surface area contributed by atoms with E-state index < -0.39 is 30.9 Å². The van der Waals surface area contributed by atoms with E-state index in [-0.39, 0.29) is 0 Å². The van der Waals surface area contributed by atoms with Gasteiger partial charge in [-0.25, -0.2) is 0 Å². The third kappa shape index (κ3) is 4.30. The number of nitrogens with zero attached hydrogens (tertiary/aromatic N) is 1. The van der Waals surface area contributed by atoms with Crippen LogP contribution in [-0.2, 0) is 9.59 Å². The van der Waals surface area contributed by atoms with Crippen molar-refractivity contribution in [1.82, 2.24) is 4.90 Å². The molecule has 0 bridgehead atoms. The van der Waals surface area contributed by atoms with Crippen molar-refractivity contribution in [3.05, 3.63) is 19.9 Å². The van der Waals surface area contributed by atoms with Gasteiger partial charge >= 0.3 is 5.97 Å². The summed E-state index contributed by atoms with van der Waals surface area (Å²) < 4.78 is 0.903. The van der Waals surface area contributed by atoms with Gasteiger partial charge < -0.3 is 15.7 Å². The quantitative estimate of drug-likeness (QED) is 0.733. The van der Waals surface area contributed by atoms with Gasteiger partial charge in [-0.05, 0) is 28.7 Å². The van der Waals surface area contributed by atoms with Crippen molar-refractivity contribution < 1.29 is 19.5 Å². The monoisotopic (exact) mass is 368 g/mol. The minimum absolute atomic E-state index is 0.363. The average Bonchev–Trinajstić information content (AvgIpc) is 2.61. The fourth-order valence-corrected chi connectivity index (χ4v) is 2.48. The van der Waals surface area contributed by atoms with Crippen LogP contribution in [-0.4, -0.2) is 40.9 Å². The van der Waals surface area contributed by atoms with E-state index in [2.05, 4.69) is 0 Å². The van der Waals surface area contributed by atoms with E-state index in [4.69, 9.17) is 10.8 Å². The minimum atomic E-state index is -1.19.